The van der Waals surface area contributed by atoms with Gasteiger partial charge in [-0.3, -0.25) is 4.99 Å². The molecule has 0 aliphatic carbocycles. The number of aliphatic imine (C=N–C) groups is 1. The van der Waals surface area contributed by atoms with Gasteiger partial charge < -0.3 is 11.5 Å². The molecule has 0 fully saturated rings. The number of rotatable bonds is 6. The summed E-state index contributed by atoms with van der Waals surface area (Å²) in [5.74, 6) is -0.313. The summed E-state index contributed by atoms with van der Waals surface area (Å²) in [6.07, 6.45) is 3.40. The Bertz CT molecular complexity index is 985. The monoisotopic (exact) mass is 373 g/mol. The van der Waals surface area contributed by atoms with Crippen LogP contribution < -0.4 is 11.5 Å². The van der Waals surface area contributed by atoms with Crippen LogP contribution in [0.1, 0.15) is 16.7 Å². The molecule has 3 rings (SSSR count). The maximum absolute atomic E-state index is 12.9. The number of hydrogen-bond acceptors (Lipinski definition) is 3. The Morgan fingerprint density at radius 3 is 1.82 bits per heavy atom. The van der Waals surface area contributed by atoms with Crippen molar-refractivity contribution in [3.63, 3.8) is 0 Å². The van der Waals surface area contributed by atoms with Crippen LogP contribution in [0.4, 0.5) is 4.39 Å². The maximum atomic E-state index is 12.9. The van der Waals surface area contributed by atoms with Gasteiger partial charge in [-0.2, -0.15) is 5.10 Å². The molecule has 0 saturated heterocycles. The van der Waals surface area contributed by atoms with Gasteiger partial charge in [0.2, 0.25) is 5.96 Å². The third-order valence-electron chi connectivity index (χ3n) is 3.96. The normalized spacial score (nSPS) is 11.2. The van der Waals surface area contributed by atoms with Crippen molar-refractivity contribution < 1.29 is 4.39 Å². The van der Waals surface area contributed by atoms with Crippen LogP contribution in [0.15, 0.2) is 88.0 Å². The second-order valence-corrected chi connectivity index (χ2v) is 6.11. The number of nitrogens with zero attached hydrogens (tertiary/aromatic N) is 3. The molecule has 0 heterocycles. The number of halogens is 1. The minimum Gasteiger partial charge on any atom is -0.369 e. The van der Waals surface area contributed by atoms with Crippen molar-refractivity contribution in [1.82, 2.24) is 0 Å². The molecular formula is C22H20FN5. The van der Waals surface area contributed by atoms with Crippen molar-refractivity contribution in [2.45, 2.75) is 6.54 Å². The van der Waals surface area contributed by atoms with E-state index in [9.17, 15) is 4.39 Å². The molecule has 0 spiro atoms. The van der Waals surface area contributed by atoms with E-state index in [4.69, 9.17) is 11.5 Å². The average molecular weight is 373 g/mol. The SMILES string of the molecule is NC(N)=N/N=C/c1ccc(-c2ccc(C=NCc3ccc(F)cc3)cc2)cc1. The number of nitrogens with two attached hydrogens (primary N) is 2. The smallest absolute Gasteiger partial charge is 0.211 e. The Labute approximate surface area is 163 Å². The lowest BCUT2D eigenvalue weighted by Crippen LogP contribution is -2.21. The van der Waals surface area contributed by atoms with E-state index in [1.54, 1.807) is 18.3 Å². The standard InChI is InChI=1S/C22H20FN5/c23-21-11-5-17(6-12-21)14-26-13-16-1-7-19(8-2-16)20-9-3-18(4-10-20)15-27-28-22(24)25/h1-13,15H,14H2,(H4,24,25,28)/b26-13?,27-15+. The van der Waals surface area contributed by atoms with Gasteiger partial charge in [0, 0.05) is 6.21 Å². The minimum absolute atomic E-state index is 0.0748. The number of benzene rings is 3. The van der Waals surface area contributed by atoms with Crippen molar-refractivity contribution in [3.05, 3.63) is 95.3 Å². The summed E-state index contributed by atoms with van der Waals surface area (Å²) in [6.45, 7) is 0.519. The van der Waals surface area contributed by atoms with E-state index < -0.39 is 0 Å². The third-order valence-corrected chi connectivity index (χ3v) is 3.96. The van der Waals surface area contributed by atoms with Crippen LogP contribution >= 0.6 is 0 Å². The zero-order valence-electron chi connectivity index (χ0n) is 15.2. The molecule has 6 heteroatoms. The number of guanidine groups is 1. The Kier molecular flexibility index (Phi) is 6.25. The Morgan fingerprint density at radius 2 is 1.29 bits per heavy atom. The van der Waals surface area contributed by atoms with E-state index in [0.717, 1.165) is 27.8 Å². The lowest BCUT2D eigenvalue weighted by Gasteiger charge is -2.03. The van der Waals surface area contributed by atoms with Crippen LogP contribution in [-0.2, 0) is 6.54 Å². The number of hydrogen-bond donors (Lipinski definition) is 2. The summed E-state index contributed by atoms with van der Waals surface area (Å²) in [6, 6.07) is 22.4. The molecule has 0 amide bonds. The van der Waals surface area contributed by atoms with Crippen LogP contribution in [0.2, 0.25) is 0 Å². The predicted octanol–water partition coefficient (Wildman–Crippen LogP) is 3.72. The van der Waals surface area contributed by atoms with Gasteiger partial charge in [0.15, 0.2) is 0 Å². The summed E-state index contributed by atoms with van der Waals surface area (Å²) >= 11 is 0. The fourth-order valence-corrected chi connectivity index (χ4v) is 2.53. The van der Waals surface area contributed by atoms with Crippen molar-refractivity contribution >= 4 is 18.4 Å². The van der Waals surface area contributed by atoms with Crippen LogP contribution in [0, 0.1) is 5.82 Å². The molecule has 0 unspecified atom stereocenters. The first kappa shape index (κ1) is 19.0. The summed E-state index contributed by atoms with van der Waals surface area (Å²) in [4.78, 5) is 4.41. The van der Waals surface area contributed by atoms with Gasteiger partial charge in [0.1, 0.15) is 5.82 Å². The summed E-state index contributed by atoms with van der Waals surface area (Å²) in [5, 5.41) is 7.36. The van der Waals surface area contributed by atoms with E-state index in [0.29, 0.717) is 6.54 Å². The fourth-order valence-electron chi connectivity index (χ4n) is 2.53. The van der Waals surface area contributed by atoms with Crippen molar-refractivity contribution in [1.29, 1.82) is 0 Å². The fraction of sp³-hybridized carbons (Fsp3) is 0.0455. The molecule has 0 aliphatic rings. The molecule has 0 atom stereocenters. The Hall–Kier alpha value is -3.80. The van der Waals surface area contributed by atoms with Crippen LogP contribution in [0.5, 0.6) is 0 Å². The van der Waals surface area contributed by atoms with Gasteiger partial charge >= 0.3 is 0 Å². The topological polar surface area (TPSA) is 89.1 Å². The highest BCUT2D eigenvalue weighted by Gasteiger charge is 1.98. The largest absolute Gasteiger partial charge is 0.369 e. The van der Waals surface area contributed by atoms with Gasteiger partial charge in [-0.05, 0) is 39.9 Å². The molecule has 0 bridgehead atoms. The molecule has 0 aromatic heterocycles. The van der Waals surface area contributed by atoms with Gasteiger partial charge in [-0.1, -0.05) is 60.7 Å². The lowest BCUT2D eigenvalue weighted by atomic mass is 10.0. The van der Waals surface area contributed by atoms with E-state index in [-0.39, 0.29) is 11.8 Å². The van der Waals surface area contributed by atoms with E-state index in [1.807, 2.05) is 54.7 Å². The molecule has 0 aliphatic heterocycles. The molecule has 4 N–H and O–H groups in total. The van der Waals surface area contributed by atoms with Crippen molar-refractivity contribution in [3.8, 4) is 11.1 Å². The molecule has 28 heavy (non-hydrogen) atoms. The van der Waals surface area contributed by atoms with Crippen LogP contribution in [0.25, 0.3) is 11.1 Å². The second kappa shape index (κ2) is 9.23. The van der Waals surface area contributed by atoms with Gasteiger partial charge in [0.25, 0.3) is 0 Å². The van der Waals surface area contributed by atoms with Crippen LogP contribution in [0.3, 0.4) is 0 Å². The lowest BCUT2D eigenvalue weighted by molar-refractivity contribution is 0.627. The predicted molar refractivity (Wildman–Crippen MR) is 113 cm³/mol. The first-order valence-corrected chi connectivity index (χ1v) is 8.67. The molecule has 3 aromatic rings. The summed E-state index contributed by atoms with van der Waals surface area (Å²) in [7, 11) is 0. The molecule has 0 saturated carbocycles. The second-order valence-electron chi connectivity index (χ2n) is 6.11. The van der Waals surface area contributed by atoms with E-state index in [2.05, 4.69) is 15.2 Å². The quantitative estimate of drug-likeness (QED) is 0.392. The zero-order valence-corrected chi connectivity index (χ0v) is 15.2. The molecular weight excluding hydrogens is 353 g/mol. The van der Waals surface area contributed by atoms with Crippen LogP contribution in [-0.4, -0.2) is 18.4 Å². The highest BCUT2D eigenvalue weighted by atomic mass is 19.1. The van der Waals surface area contributed by atoms with Gasteiger partial charge in [-0.15, -0.1) is 5.10 Å². The van der Waals surface area contributed by atoms with E-state index in [1.165, 1.54) is 12.1 Å². The first-order valence-electron chi connectivity index (χ1n) is 8.67. The molecule has 3 aromatic carbocycles. The minimum atomic E-state index is -0.239. The first-order chi connectivity index (χ1) is 13.6. The highest BCUT2D eigenvalue weighted by molar-refractivity contribution is 5.83. The Morgan fingerprint density at radius 1 is 0.750 bits per heavy atom. The molecule has 0 radical (unpaired) electrons. The summed E-state index contributed by atoms with van der Waals surface area (Å²) in [5.41, 5.74) is 15.5. The third kappa shape index (κ3) is 5.60. The van der Waals surface area contributed by atoms with E-state index >= 15 is 0 Å². The van der Waals surface area contributed by atoms with Gasteiger partial charge in [0.05, 0.1) is 12.8 Å². The van der Waals surface area contributed by atoms with Gasteiger partial charge in [-0.25, -0.2) is 4.39 Å². The average Bonchev–Trinajstić information content (AvgIpc) is 2.70. The zero-order chi connectivity index (χ0) is 19.8. The van der Waals surface area contributed by atoms with Crippen molar-refractivity contribution in [2.75, 3.05) is 0 Å². The maximum Gasteiger partial charge on any atom is 0.211 e. The Balaban J connectivity index is 1.62. The summed E-state index contributed by atoms with van der Waals surface area (Å²) < 4.78 is 12.9. The molecule has 5 nitrogen and oxygen atoms in total. The van der Waals surface area contributed by atoms with Crippen molar-refractivity contribution in [2.24, 2.45) is 26.7 Å². The highest BCUT2D eigenvalue weighted by Crippen LogP contribution is 2.20. The molecule has 140 valence electrons.